The number of halogens is 1. The zero-order valence-corrected chi connectivity index (χ0v) is 17.5. The third-order valence-electron chi connectivity index (χ3n) is 4.90. The molecule has 0 saturated carbocycles. The molecule has 29 heavy (non-hydrogen) atoms. The molecule has 0 radical (unpaired) electrons. The molecular formula is C24H25ClN2O2. The smallest absolute Gasteiger partial charge is 0.307 e. The highest BCUT2D eigenvalue weighted by Gasteiger charge is 2.17. The molecule has 3 rings (SSSR count). The number of hydrogen-bond donors (Lipinski definition) is 1. The van der Waals surface area contributed by atoms with E-state index >= 15 is 0 Å². The Morgan fingerprint density at radius 2 is 1.59 bits per heavy atom. The molecule has 0 spiro atoms. The summed E-state index contributed by atoms with van der Waals surface area (Å²) in [4.78, 5) is 11.2. The van der Waals surface area contributed by atoms with E-state index < -0.39 is 5.97 Å². The fraction of sp³-hybridized carbons (Fsp3) is 0.250. The molecule has 0 aliphatic carbocycles. The lowest BCUT2D eigenvalue weighted by Crippen LogP contribution is -2.08. The number of aromatic nitrogens is 2. The van der Waals surface area contributed by atoms with Gasteiger partial charge in [-0.25, -0.2) is 0 Å². The number of carbonyl (C=O) groups is 1. The molecule has 0 aliphatic heterocycles. The second-order valence-corrected chi connectivity index (χ2v) is 7.37. The molecule has 1 N–H and O–H groups in total. The molecule has 0 atom stereocenters. The first-order valence-electron chi connectivity index (χ1n) is 9.82. The van der Waals surface area contributed by atoms with Crippen molar-refractivity contribution in [1.82, 2.24) is 9.78 Å². The van der Waals surface area contributed by atoms with E-state index in [-0.39, 0.29) is 6.42 Å². The van der Waals surface area contributed by atoms with E-state index in [9.17, 15) is 9.90 Å². The second-order valence-electron chi connectivity index (χ2n) is 6.93. The number of nitrogens with zero attached hydrogens (tertiary/aromatic N) is 2. The predicted octanol–water partition coefficient (Wildman–Crippen LogP) is 5.51. The molecule has 0 fully saturated rings. The van der Waals surface area contributed by atoms with E-state index in [2.05, 4.69) is 41.5 Å². The molecule has 0 unspecified atom stereocenters. The Morgan fingerprint density at radius 1 is 1.00 bits per heavy atom. The minimum Gasteiger partial charge on any atom is -0.481 e. The summed E-state index contributed by atoms with van der Waals surface area (Å²) in [6.45, 7) is 4.69. The Balaban J connectivity index is 1.76. The van der Waals surface area contributed by atoms with E-state index in [1.807, 2.05) is 42.8 Å². The minimum absolute atomic E-state index is 0.0285. The van der Waals surface area contributed by atoms with Crippen molar-refractivity contribution in [2.45, 2.75) is 39.7 Å². The van der Waals surface area contributed by atoms with Gasteiger partial charge in [0.2, 0.25) is 0 Å². The number of aliphatic carboxylic acids is 1. The van der Waals surface area contributed by atoms with Crippen molar-refractivity contribution in [3.63, 3.8) is 0 Å². The van der Waals surface area contributed by atoms with E-state index in [1.54, 1.807) is 0 Å². The predicted molar refractivity (Wildman–Crippen MR) is 118 cm³/mol. The maximum atomic E-state index is 11.2. The van der Waals surface area contributed by atoms with E-state index in [4.69, 9.17) is 11.6 Å². The van der Waals surface area contributed by atoms with E-state index in [0.29, 0.717) is 6.54 Å². The van der Waals surface area contributed by atoms with Crippen molar-refractivity contribution in [3.8, 4) is 0 Å². The van der Waals surface area contributed by atoms with Gasteiger partial charge in [0.1, 0.15) is 0 Å². The van der Waals surface area contributed by atoms with Gasteiger partial charge in [0.05, 0.1) is 18.7 Å². The first-order chi connectivity index (χ1) is 14.0. The quantitative estimate of drug-likeness (QED) is 0.500. The Labute approximate surface area is 176 Å². The lowest BCUT2D eigenvalue weighted by molar-refractivity contribution is -0.136. The van der Waals surface area contributed by atoms with Crippen LogP contribution in [0.1, 0.15) is 47.5 Å². The molecule has 3 aromatic rings. The molecule has 5 heteroatoms. The van der Waals surface area contributed by atoms with Crippen LogP contribution in [0.15, 0.2) is 48.5 Å². The Kier molecular flexibility index (Phi) is 6.89. The molecule has 0 amide bonds. The number of benzene rings is 2. The van der Waals surface area contributed by atoms with Gasteiger partial charge in [-0.05, 0) is 41.7 Å². The minimum atomic E-state index is -0.814. The average Bonchev–Trinajstić information content (AvgIpc) is 3.04. The van der Waals surface area contributed by atoms with Gasteiger partial charge in [-0.3, -0.25) is 9.48 Å². The van der Waals surface area contributed by atoms with Gasteiger partial charge >= 0.3 is 5.97 Å². The van der Waals surface area contributed by atoms with E-state index in [1.165, 1.54) is 0 Å². The van der Waals surface area contributed by atoms with Crippen LogP contribution in [0.25, 0.3) is 12.2 Å². The fourth-order valence-corrected chi connectivity index (χ4v) is 3.55. The van der Waals surface area contributed by atoms with Gasteiger partial charge in [0.25, 0.3) is 0 Å². The van der Waals surface area contributed by atoms with Gasteiger partial charge in [-0.2, -0.15) is 5.10 Å². The maximum absolute atomic E-state index is 11.2. The normalized spacial score (nSPS) is 11.3. The first kappa shape index (κ1) is 20.9. The van der Waals surface area contributed by atoms with Crippen molar-refractivity contribution in [2.24, 2.45) is 0 Å². The monoisotopic (exact) mass is 408 g/mol. The van der Waals surface area contributed by atoms with Gasteiger partial charge in [0, 0.05) is 16.3 Å². The highest BCUT2D eigenvalue weighted by atomic mass is 35.5. The molecule has 1 heterocycles. The molecule has 2 aromatic carbocycles. The van der Waals surface area contributed by atoms with Crippen LogP contribution < -0.4 is 0 Å². The van der Waals surface area contributed by atoms with Crippen LogP contribution in [-0.4, -0.2) is 20.9 Å². The van der Waals surface area contributed by atoms with Crippen molar-refractivity contribution < 1.29 is 9.90 Å². The van der Waals surface area contributed by atoms with Crippen molar-refractivity contribution in [3.05, 3.63) is 87.2 Å². The maximum Gasteiger partial charge on any atom is 0.307 e. The third kappa shape index (κ3) is 5.36. The Hall–Kier alpha value is -2.85. The fourth-order valence-electron chi connectivity index (χ4n) is 3.43. The molecule has 0 saturated heterocycles. The molecule has 4 nitrogen and oxygen atoms in total. The lowest BCUT2D eigenvalue weighted by atomic mass is 10.1. The van der Waals surface area contributed by atoms with Gasteiger partial charge in [-0.15, -0.1) is 0 Å². The summed E-state index contributed by atoms with van der Waals surface area (Å²) >= 11 is 5.92. The molecule has 0 aliphatic rings. The topological polar surface area (TPSA) is 55.1 Å². The number of carboxylic acid groups (broad SMARTS) is 1. The average molecular weight is 409 g/mol. The van der Waals surface area contributed by atoms with Crippen LogP contribution >= 0.6 is 11.6 Å². The summed E-state index contributed by atoms with van der Waals surface area (Å²) < 4.78 is 1.95. The van der Waals surface area contributed by atoms with E-state index in [0.717, 1.165) is 51.5 Å². The first-order valence-corrected chi connectivity index (χ1v) is 10.2. The molecule has 0 bridgehead atoms. The second kappa shape index (κ2) is 9.57. The third-order valence-corrected chi connectivity index (χ3v) is 5.15. The standard InChI is InChI=1S/C24H25ClN2O2/c1-3-22-21(15-24(28)29)23(4-2)27(26-22)16-19-9-7-17(8-10-19)5-6-18-11-13-20(25)14-12-18/h5-14H,3-4,15-16H2,1-2H3,(H,28,29)/b6-5+. The molecular weight excluding hydrogens is 384 g/mol. The van der Waals surface area contributed by atoms with Crippen LogP contribution in [0.4, 0.5) is 0 Å². The van der Waals surface area contributed by atoms with Gasteiger partial charge in [-0.1, -0.05) is 74.0 Å². The lowest BCUT2D eigenvalue weighted by Gasteiger charge is -2.08. The number of aryl methyl sites for hydroxylation is 1. The van der Waals surface area contributed by atoms with Crippen LogP contribution in [0, 0.1) is 0 Å². The number of rotatable bonds is 8. The summed E-state index contributed by atoms with van der Waals surface area (Å²) in [6, 6.07) is 16.1. The van der Waals surface area contributed by atoms with Gasteiger partial charge < -0.3 is 5.11 Å². The van der Waals surface area contributed by atoms with Crippen molar-refractivity contribution >= 4 is 29.7 Å². The molecule has 1 aromatic heterocycles. The van der Waals surface area contributed by atoms with Crippen molar-refractivity contribution in [2.75, 3.05) is 0 Å². The summed E-state index contributed by atoms with van der Waals surface area (Å²) in [5.41, 5.74) is 6.10. The highest BCUT2D eigenvalue weighted by Crippen LogP contribution is 2.19. The number of carboxylic acids is 1. The van der Waals surface area contributed by atoms with Crippen LogP contribution in [0.2, 0.25) is 5.02 Å². The summed E-state index contributed by atoms with van der Waals surface area (Å²) in [5.74, 6) is -0.814. The Bertz CT molecular complexity index is 1000. The summed E-state index contributed by atoms with van der Waals surface area (Å²) in [7, 11) is 0. The summed E-state index contributed by atoms with van der Waals surface area (Å²) in [6.07, 6.45) is 5.65. The number of hydrogen-bond acceptors (Lipinski definition) is 2. The van der Waals surface area contributed by atoms with Gasteiger partial charge in [0.15, 0.2) is 0 Å². The van der Waals surface area contributed by atoms with Crippen LogP contribution in [0.3, 0.4) is 0 Å². The zero-order chi connectivity index (χ0) is 20.8. The molecule has 150 valence electrons. The largest absolute Gasteiger partial charge is 0.481 e. The van der Waals surface area contributed by atoms with Crippen LogP contribution in [0.5, 0.6) is 0 Å². The SMILES string of the molecule is CCc1nn(Cc2ccc(/C=C/c3ccc(Cl)cc3)cc2)c(CC)c1CC(=O)O. The zero-order valence-electron chi connectivity index (χ0n) is 16.7. The summed E-state index contributed by atoms with van der Waals surface area (Å²) in [5, 5.41) is 14.6. The highest BCUT2D eigenvalue weighted by molar-refractivity contribution is 6.30. The van der Waals surface area contributed by atoms with Crippen molar-refractivity contribution in [1.29, 1.82) is 0 Å². The Morgan fingerprint density at radius 3 is 2.10 bits per heavy atom. The van der Waals surface area contributed by atoms with Crippen LogP contribution in [-0.2, 0) is 30.6 Å².